The molecule has 0 saturated carbocycles. The zero-order chi connectivity index (χ0) is 7.66. The molecule has 0 saturated heterocycles. The molecule has 0 aliphatic carbocycles. The standard InChI is InChI=1S/C8H12N2/c1-2-3-7-10-8-5-4-6-9/h1,10H,3-5,7-8H2. The lowest BCUT2D eigenvalue weighted by Crippen LogP contribution is -2.15. The lowest BCUT2D eigenvalue weighted by Gasteiger charge is -1.97. The predicted molar refractivity (Wildman–Crippen MR) is 41.2 cm³/mol. The topological polar surface area (TPSA) is 35.8 Å². The van der Waals surface area contributed by atoms with Crippen molar-refractivity contribution >= 4 is 0 Å². The zero-order valence-corrected chi connectivity index (χ0v) is 6.06. The number of nitrogens with zero attached hydrogens (tertiary/aromatic N) is 1. The van der Waals surface area contributed by atoms with E-state index in [0.717, 1.165) is 25.9 Å². The van der Waals surface area contributed by atoms with E-state index in [-0.39, 0.29) is 0 Å². The van der Waals surface area contributed by atoms with Crippen LogP contribution in [0, 0.1) is 23.7 Å². The van der Waals surface area contributed by atoms with Crippen molar-refractivity contribution in [1.29, 1.82) is 5.26 Å². The Hall–Kier alpha value is -0.990. The van der Waals surface area contributed by atoms with Crippen molar-refractivity contribution in [2.24, 2.45) is 0 Å². The minimum Gasteiger partial charge on any atom is -0.316 e. The number of unbranched alkanes of at least 4 members (excludes halogenated alkanes) is 1. The molecular weight excluding hydrogens is 124 g/mol. The van der Waals surface area contributed by atoms with Gasteiger partial charge in [-0.1, -0.05) is 0 Å². The van der Waals surface area contributed by atoms with E-state index in [1.165, 1.54) is 0 Å². The molecule has 0 aromatic heterocycles. The molecule has 0 aliphatic heterocycles. The smallest absolute Gasteiger partial charge is 0.0622 e. The summed E-state index contributed by atoms with van der Waals surface area (Å²) in [7, 11) is 0. The molecule has 1 N–H and O–H groups in total. The highest BCUT2D eigenvalue weighted by Crippen LogP contribution is 1.82. The lowest BCUT2D eigenvalue weighted by atomic mass is 10.3. The predicted octanol–water partition coefficient (Wildman–Crippen LogP) is 0.903. The second-order valence-corrected chi connectivity index (χ2v) is 1.97. The Bertz CT molecular complexity index is 120. The van der Waals surface area contributed by atoms with Crippen molar-refractivity contribution in [3.05, 3.63) is 0 Å². The first kappa shape index (κ1) is 9.01. The Labute approximate surface area is 62.2 Å². The number of rotatable bonds is 5. The average molecular weight is 136 g/mol. The van der Waals surface area contributed by atoms with E-state index in [4.69, 9.17) is 11.7 Å². The zero-order valence-electron chi connectivity index (χ0n) is 6.06. The van der Waals surface area contributed by atoms with Crippen LogP contribution in [-0.4, -0.2) is 13.1 Å². The van der Waals surface area contributed by atoms with Gasteiger partial charge in [-0.25, -0.2) is 0 Å². The maximum absolute atomic E-state index is 8.16. The summed E-state index contributed by atoms with van der Waals surface area (Å²) in [6.07, 6.45) is 7.34. The van der Waals surface area contributed by atoms with Gasteiger partial charge in [-0.15, -0.1) is 12.3 Å². The molecular formula is C8H12N2. The Balaban J connectivity index is 2.80. The van der Waals surface area contributed by atoms with Gasteiger partial charge in [0, 0.05) is 19.4 Å². The molecule has 0 bridgehead atoms. The first-order valence-electron chi connectivity index (χ1n) is 3.43. The van der Waals surface area contributed by atoms with E-state index in [1.54, 1.807) is 0 Å². The van der Waals surface area contributed by atoms with Crippen LogP contribution < -0.4 is 5.32 Å². The Kier molecular flexibility index (Phi) is 7.22. The van der Waals surface area contributed by atoms with Crippen LogP contribution >= 0.6 is 0 Å². The summed E-state index contributed by atoms with van der Waals surface area (Å²) < 4.78 is 0. The van der Waals surface area contributed by atoms with Crippen molar-refractivity contribution in [1.82, 2.24) is 5.32 Å². The summed E-state index contributed by atoms with van der Waals surface area (Å²) in [5.41, 5.74) is 0. The molecule has 0 spiro atoms. The second kappa shape index (κ2) is 8.01. The largest absolute Gasteiger partial charge is 0.316 e. The van der Waals surface area contributed by atoms with Crippen molar-refractivity contribution in [2.45, 2.75) is 19.3 Å². The van der Waals surface area contributed by atoms with Crippen LogP contribution in [0.2, 0.25) is 0 Å². The third-order valence-electron chi connectivity index (χ3n) is 1.09. The molecule has 0 unspecified atom stereocenters. The number of hydrogen-bond acceptors (Lipinski definition) is 2. The molecule has 10 heavy (non-hydrogen) atoms. The van der Waals surface area contributed by atoms with Crippen molar-refractivity contribution < 1.29 is 0 Å². The molecule has 0 aromatic rings. The van der Waals surface area contributed by atoms with Gasteiger partial charge in [-0.05, 0) is 13.0 Å². The summed E-state index contributed by atoms with van der Waals surface area (Å²) >= 11 is 0. The van der Waals surface area contributed by atoms with Gasteiger partial charge in [0.05, 0.1) is 6.07 Å². The molecule has 0 rings (SSSR count). The quantitative estimate of drug-likeness (QED) is 0.450. The Morgan fingerprint density at radius 2 is 2.10 bits per heavy atom. The van der Waals surface area contributed by atoms with Gasteiger partial charge in [-0.2, -0.15) is 5.26 Å². The third-order valence-corrected chi connectivity index (χ3v) is 1.09. The van der Waals surface area contributed by atoms with Gasteiger partial charge in [0.2, 0.25) is 0 Å². The average Bonchev–Trinajstić information content (AvgIpc) is 1.97. The molecule has 0 heterocycles. The number of nitriles is 1. The maximum Gasteiger partial charge on any atom is 0.0622 e. The number of terminal acetylenes is 1. The summed E-state index contributed by atoms with van der Waals surface area (Å²) in [5, 5.41) is 11.3. The van der Waals surface area contributed by atoms with E-state index in [0.29, 0.717) is 6.42 Å². The van der Waals surface area contributed by atoms with Crippen molar-refractivity contribution in [3.63, 3.8) is 0 Å². The molecule has 0 aromatic carbocycles. The minimum atomic E-state index is 0.628. The summed E-state index contributed by atoms with van der Waals surface area (Å²) in [5.74, 6) is 2.53. The number of hydrogen-bond donors (Lipinski definition) is 1. The second-order valence-electron chi connectivity index (χ2n) is 1.97. The van der Waals surface area contributed by atoms with Crippen LogP contribution in [0.5, 0.6) is 0 Å². The van der Waals surface area contributed by atoms with Crippen LogP contribution in [0.3, 0.4) is 0 Å². The molecule has 0 radical (unpaired) electrons. The first-order chi connectivity index (χ1) is 4.91. The van der Waals surface area contributed by atoms with Crippen LogP contribution in [0.1, 0.15) is 19.3 Å². The Morgan fingerprint density at radius 3 is 2.70 bits per heavy atom. The fourth-order valence-electron chi connectivity index (χ4n) is 0.578. The fraction of sp³-hybridized carbons (Fsp3) is 0.625. The Morgan fingerprint density at radius 1 is 1.30 bits per heavy atom. The summed E-state index contributed by atoms with van der Waals surface area (Å²) in [6, 6.07) is 2.08. The maximum atomic E-state index is 8.16. The highest BCUT2D eigenvalue weighted by molar-refractivity contribution is 4.84. The summed E-state index contributed by atoms with van der Waals surface area (Å²) in [6.45, 7) is 1.76. The van der Waals surface area contributed by atoms with Gasteiger partial charge in [0.25, 0.3) is 0 Å². The molecule has 0 fully saturated rings. The van der Waals surface area contributed by atoms with Gasteiger partial charge >= 0.3 is 0 Å². The normalized spacial score (nSPS) is 8.20. The van der Waals surface area contributed by atoms with Crippen molar-refractivity contribution in [3.8, 4) is 18.4 Å². The van der Waals surface area contributed by atoms with Crippen molar-refractivity contribution in [2.75, 3.05) is 13.1 Å². The molecule has 2 heteroatoms. The van der Waals surface area contributed by atoms with Gasteiger partial charge in [0.1, 0.15) is 0 Å². The van der Waals surface area contributed by atoms with Crippen LogP contribution in [0.25, 0.3) is 0 Å². The summed E-state index contributed by atoms with van der Waals surface area (Å²) in [4.78, 5) is 0. The molecule has 0 amide bonds. The van der Waals surface area contributed by atoms with Crippen LogP contribution in [0.15, 0.2) is 0 Å². The molecule has 54 valence electrons. The molecule has 0 aliphatic rings. The fourth-order valence-corrected chi connectivity index (χ4v) is 0.578. The first-order valence-corrected chi connectivity index (χ1v) is 3.43. The van der Waals surface area contributed by atoms with E-state index in [1.807, 2.05) is 0 Å². The molecule has 0 atom stereocenters. The van der Waals surface area contributed by atoms with Crippen LogP contribution in [0.4, 0.5) is 0 Å². The van der Waals surface area contributed by atoms with Gasteiger partial charge < -0.3 is 5.32 Å². The minimum absolute atomic E-state index is 0.628. The van der Waals surface area contributed by atoms with E-state index in [9.17, 15) is 0 Å². The van der Waals surface area contributed by atoms with Gasteiger partial charge in [0.15, 0.2) is 0 Å². The van der Waals surface area contributed by atoms with E-state index >= 15 is 0 Å². The third kappa shape index (κ3) is 7.01. The van der Waals surface area contributed by atoms with Crippen LogP contribution in [-0.2, 0) is 0 Å². The highest BCUT2D eigenvalue weighted by Gasteiger charge is 1.84. The molecule has 2 nitrogen and oxygen atoms in total. The number of nitrogens with one attached hydrogen (secondary N) is 1. The monoisotopic (exact) mass is 136 g/mol. The lowest BCUT2D eigenvalue weighted by molar-refractivity contribution is 0.665. The SMILES string of the molecule is C#CCCNCCCC#N. The highest BCUT2D eigenvalue weighted by atomic mass is 14.8. The van der Waals surface area contributed by atoms with E-state index < -0.39 is 0 Å². The van der Waals surface area contributed by atoms with E-state index in [2.05, 4.69) is 17.3 Å². The van der Waals surface area contributed by atoms with Gasteiger partial charge in [-0.3, -0.25) is 0 Å².